The summed E-state index contributed by atoms with van der Waals surface area (Å²) in [7, 11) is 0. The number of amides is 2. The SMILES string of the molecule is Cc1nc2ccc(C(=O)Nc3cccc(C(=O)Nc4cccc(F)c4)c3)cc2nc1C. The van der Waals surface area contributed by atoms with Gasteiger partial charge in [-0.25, -0.2) is 14.4 Å². The maximum Gasteiger partial charge on any atom is 0.255 e. The smallest absolute Gasteiger partial charge is 0.255 e. The molecule has 1 heterocycles. The lowest BCUT2D eigenvalue weighted by Gasteiger charge is -2.09. The molecule has 6 nitrogen and oxygen atoms in total. The summed E-state index contributed by atoms with van der Waals surface area (Å²) >= 11 is 0. The van der Waals surface area contributed by atoms with Gasteiger partial charge in [0.05, 0.1) is 22.4 Å². The number of aryl methyl sites for hydroxylation is 2. The molecule has 0 saturated carbocycles. The molecule has 154 valence electrons. The van der Waals surface area contributed by atoms with Crippen molar-refractivity contribution in [2.75, 3.05) is 10.6 Å². The molecule has 4 aromatic rings. The zero-order valence-corrected chi connectivity index (χ0v) is 16.9. The first-order chi connectivity index (χ1) is 14.9. The molecule has 31 heavy (non-hydrogen) atoms. The Morgan fingerprint density at radius 2 is 1.29 bits per heavy atom. The molecule has 0 aliphatic rings. The van der Waals surface area contributed by atoms with Crippen LogP contribution in [0.2, 0.25) is 0 Å². The Balaban J connectivity index is 1.52. The topological polar surface area (TPSA) is 84.0 Å². The van der Waals surface area contributed by atoms with Crippen molar-refractivity contribution in [3.63, 3.8) is 0 Å². The van der Waals surface area contributed by atoms with Gasteiger partial charge in [0.15, 0.2) is 0 Å². The first kappa shape index (κ1) is 20.2. The van der Waals surface area contributed by atoms with Gasteiger partial charge in [0.25, 0.3) is 11.8 Å². The van der Waals surface area contributed by atoms with Crippen LogP contribution in [-0.4, -0.2) is 21.8 Å². The van der Waals surface area contributed by atoms with Crippen molar-refractivity contribution in [1.29, 1.82) is 0 Å². The number of carbonyl (C=O) groups excluding carboxylic acids is 2. The molecule has 4 rings (SSSR count). The lowest BCUT2D eigenvalue weighted by atomic mass is 10.1. The van der Waals surface area contributed by atoms with Gasteiger partial charge in [-0.1, -0.05) is 12.1 Å². The summed E-state index contributed by atoms with van der Waals surface area (Å²) in [5, 5.41) is 5.42. The molecule has 7 heteroatoms. The minimum absolute atomic E-state index is 0.329. The molecular weight excluding hydrogens is 395 g/mol. The van der Waals surface area contributed by atoms with Crippen LogP contribution in [0.4, 0.5) is 15.8 Å². The Labute approximate surface area is 178 Å². The first-order valence-corrected chi connectivity index (χ1v) is 9.62. The van der Waals surface area contributed by atoms with Crippen LogP contribution in [0.25, 0.3) is 11.0 Å². The molecule has 2 amide bonds. The quantitative estimate of drug-likeness (QED) is 0.498. The van der Waals surface area contributed by atoms with E-state index in [0.29, 0.717) is 28.0 Å². The highest BCUT2D eigenvalue weighted by molar-refractivity contribution is 6.08. The summed E-state index contributed by atoms with van der Waals surface area (Å²) in [6.45, 7) is 3.76. The number of halogens is 1. The van der Waals surface area contributed by atoms with Crippen molar-refractivity contribution in [2.24, 2.45) is 0 Å². The third kappa shape index (κ3) is 4.56. The molecule has 3 aromatic carbocycles. The van der Waals surface area contributed by atoms with Gasteiger partial charge in [-0.05, 0) is 68.4 Å². The fraction of sp³-hybridized carbons (Fsp3) is 0.0833. The van der Waals surface area contributed by atoms with E-state index in [2.05, 4.69) is 20.6 Å². The molecule has 0 unspecified atom stereocenters. The Kier molecular flexibility index (Phi) is 5.41. The van der Waals surface area contributed by atoms with E-state index in [1.165, 1.54) is 18.2 Å². The Morgan fingerprint density at radius 1 is 0.710 bits per heavy atom. The average molecular weight is 414 g/mol. The second-order valence-electron chi connectivity index (χ2n) is 7.10. The van der Waals surface area contributed by atoms with Gasteiger partial charge in [-0.15, -0.1) is 0 Å². The molecule has 1 aromatic heterocycles. The second-order valence-corrected chi connectivity index (χ2v) is 7.10. The summed E-state index contributed by atoms with van der Waals surface area (Å²) in [5.74, 6) is -1.18. The van der Waals surface area contributed by atoms with Crippen LogP contribution >= 0.6 is 0 Å². The number of carbonyl (C=O) groups is 2. The van der Waals surface area contributed by atoms with Crippen molar-refractivity contribution < 1.29 is 14.0 Å². The molecule has 0 bridgehead atoms. The zero-order chi connectivity index (χ0) is 22.0. The number of anilines is 2. The van der Waals surface area contributed by atoms with E-state index in [-0.39, 0.29) is 5.91 Å². The highest BCUT2D eigenvalue weighted by Gasteiger charge is 2.12. The van der Waals surface area contributed by atoms with Crippen LogP contribution in [0, 0.1) is 19.7 Å². The minimum atomic E-state index is -0.441. The number of fused-ring (bicyclic) bond motifs is 1. The lowest BCUT2D eigenvalue weighted by Crippen LogP contribution is -2.15. The second kappa shape index (κ2) is 8.31. The fourth-order valence-electron chi connectivity index (χ4n) is 3.08. The van der Waals surface area contributed by atoms with E-state index in [9.17, 15) is 14.0 Å². The highest BCUT2D eigenvalue weighted by atomic mass is 19.1. The molecule has 0 aliphatic carbocycles. The maximum atomic E-state index is 13.3. The van der Waals surface area contributed by atoms with Gasteiger partial charge in [0.1, 0.15) is 5.82 Å². The van der Waals surface area contributed by atoms with Crippen LogP contribution in [0.3, 0.4) is 0 Å². The van der Waals surface area contributed by atoms with Gasteiger partial charge in [0.2, 0.25) is 0 Å². The summed E-state index contributed by atoms with van der Waals surface area (Å²) in [5.41, 5.74) is 4.58. The largest absolute Gasteiger partial charge is 0.322 e. The van der Waals surface area contributed by atoms with E-state index in [1.54, 1.807) is 48.5 Å². The van der Waals surface area contributed by atoms with Crippen LogP contribution in [0.15, 0.2) is 66.7 Å². The predicted octanol–water partition coefficient (Wildman–Crippen LogP) is 4.89. The predicted molar refractivity (Wildman–Crippen MR) is 118 cm³/mol. The van der Waals surface area contributed by atoms with Gasteiger partial charge in [0, 0.05) is 22.5 Å². The van der Waals surface area contributed by atoms with Crippen LogP contribution in [-0.2, 0) is 0 Å². The van der Waals surface area contributed by atoms with E-state index in [0.717, 1.165) is 16.9 Å². The molecule has 0 radical (unpaired) electrons. The number of hydrogen-bond donors (Lipinski definition) is 2. The summed E-state index contributed by atoms with van der Waals surface area (Å²) < 4.78 is 13.3. The average Bonchev–Trinajstić information content (AvgIpc) is 2.74. The van der Waals surface area contributed by atoms with Crippen LogP contribution in [0.1, 0.15) is 32.1 Å². The van der Waals surface area contributed by atoms with Crippen molar-refractivity contribution in [3.8, 4) is 0 Å². The van der Waals surface area contributed by atoms with E-state index in [1.807, 2.05) is 13.8 Å². The molecule has 0 atom stereocenters. The Hall–Kier alpha value is -4.13. The van der Waals surface area contributed by atoms with Gasteiger partial charge in [-0.2, -0.15) is 0 Å². The Bertz CT molecular complexity index is 1320. The van der Waals surface area contributed by atoms with Crippen molar-refractivity contribution in [1.82, 2.24) is 9.97 Å². The summed E-state index contributed by atoms with van der Waals surface area (Å²) in [6, 6.07) is 17.3. The van der Waals surface area contributed by atoms with E-state index in [4.69, 9.17) is 0 Å². The number of rotatable bonds is 4. The number of benzene rings is 3. The lowest BCUT2D eigenvalue weighted by molar-refractivity contribution is 0.101. The molecular formula is C24H19FN4O2. The van der Waals surface area contributed by atoms with Crippen LogP contribution < -0.4 is 10.6 Å². The van der Waals surface area contributed by atoms with Crippen molar-refractivity contribution >= 4 is 34.2 Å². The van der Waals surface area contributed by atoms with E-state index < -0.39 is 11.7 Å². The molecule has 0 fully saturated rings. The third-order valence-corrected chi connectivity index (χ3v) is 4.80. The maximum absolute atomic E-state index is 13.3. The molecule has 0 spiro atoms. The molecule has 0 saturated heterocycles. The van der Waals surface area contributed by atoms with Gasteiger partial charge >= 0.3 is 0 Å². The summed E-state index contributed by atoms with van der Waals surface area (Å²) in [4.78, 5) is 34.2. The number of hydrogen-bond acceptors (Lipinski definition) is 4. The third-order valence-electron chi connectivity index (χ3n) is 4.80. The minimum Gasteiger partial charge on any atom is -0.322 e. The van der Waals surface area contributed by atoms with E-state index >= 15 is 0 Å². The van der Waals surface area contributed by atoms with Crippen LogP contribution in [0.5, 0.6) is 0 Å². The zero-order valence-electron chi connectivity index (χ0n) is 16.9. The van der Waals surface area contributed by atoms with Gasteiger partial charge < -0.3 is 10.6 Å². The summed E-state index contributed by atoms with van der Waals surface area (Å²) in [6.07, 6.45) is 0. The molecule has 0 aliphatic heterocycles. The monoisotopic (exact) mass is 414 g/mol. The van der Waals surface area contributed by atoms with Gasteiger partial charge in [-0.3, -0.25) is 9.59 Å². The number of nitrogens with zero attached hydrogens (tertiary/aromatic N) is 2. The highest BCUT2D eigenvalue weighted by Crippen LogP contribution is 2.18. The first-order valence-electron chi connectivity index (χ1n) is 9.62. The number of nitrogens with one attached hydrogen (secondary N) is 2. The van der Waals surface area contributed by atoms with Crippen molar-refractivity contribution in [3.05, 3.63) is 95.1 Å². The fourth-order valence-corrected chi connectivity index (χ4v) is 3.08. The normalized spacial score (nSPS) is 10.7. The van der Waals surface area contributed by atoms with Crippen molar-refractivity contribution in [2.45, 2.75) is 13.8 Å². The number of aromatic nitrogens is 2. The molecule has 2 N–H and O–H groups in total. The standard InChI is InChI=1S/C24H19FN4O2/c1-14-15(2)27-22-12-17(9-10-21(22)26-14)24(31)28-19-7-3-5-16(11-19)23(30)29-20-8-4-6-18(25)13-20/h3-13H,1-2H3,(H,28,31)(H,29,30). The Morgan fingerprint density at radius 3 is 1.97 bits per heavy atom.